The molecular weight excluding hydrogens is 422 g/mol. The molecule has 0 saturated carbocycles. The first kappa shape index (κ1) is 20.6. The van der Waals surface area contributed by atoms with Crippen molar-refractivity contribution in [2.75, 3.05) is 24.0 Å². The highest BCUT2D eigenvalue weighted by molar-refractivity contribution is 6.30. The van der Waals surface area contributed by atoms with Gasteiger partial charge in [-0.15, -0.1) is 0 Å². The van der Waals surface area contributed by atoms with Crippen molar-refractivity contribution in [3.63, 3.8) is 0 Å². The molecule has 2 N–H and O–H groups in total. The molecule has 3 aromatic rings. The topological polar surface area (TPSA) is 106 Å². The molecule has 9 nitrogen and oxygen atoms in total. The number of hydrogen-bond donors (Lipinski definition) is 2. The van der Waals surface area contributed by atoms with Crippen LogP contribution in [0.2, 0.25) is 5.02 Å². The van der Waals surface area contributed by atoms with E-state index in [4.69, 9.17) is 16.3 Å². The summed E-state index contributed by atoms with van der Waals surface area (Å²) in [4.78, 5) is 42.3. The van der Waals surface area contributed by atoms with Gasteiger partial charge < -0.3 is 15.4 Å². The summed E-state index contributed by atoms with van der Waals surface area (Å²) >= 11 is 5.85. The van der Waals surface area contributed by atoms with Crippen molar-refractivity contribution in [2.45, 2.75) is 6.04 Å². The van der Waals surface area contributed by atoms with Gasteiger partial charge in [0.25, 0.3) is 5.56 Å². The summed E-state index contributed by atoms with van der Waals surface area (Å²) in [6.45, 7) is 0.0891. The number of amides is 3. The van der Waals surface area contributed by atoms with Gasteiger partial charge in [-0.3, -0.25) is 24.0 Å². The number of nitrogens with one attached hydrogen (secondary N) is 2. The van der Waals surface area contributed by atoms with Crippen LogP contribution in [0.3, 0.4) is 0 Å². The number of hydrogen-bond acceptors (Lipinski definition) is 5. The average molecular weight is 440 g/mol. The third-order valence-electron chi connectivity index (χ3n) is 4.68. The Morgan fingerprint density at radius 2 is 1.71 bits per heavy atom. The van der Waals surface area contributed by atoms with Crippen LogP contribution in [0.4, 0.5) is 16.2 Å². The third kappa shape index (κ3) is 4.73. The number of ether oxygens (including phenoxy) is 1. The van der Waals surface area contributed by atoms with Crippen LogP contribution in [0.5, 0.6) is 0 Å². The molecule has 158 valence electrons. The Morgan fingerprint density at radius 3 is 2.42 bits per heavy atom. The van der Waals surface area contributed by atoms with E-state index in [9.17, 15) is 14.4 Å². The summed E-state index contributed by atoms with van der Waals surface area (Å²) in [5.74, 6) is -0.377. The van der Waals surface area contributed by atoms with Gasteiger partial charge in [-0.25, -0.2) is 4.79 Å². The van der Waals surface area contributed by atoms with Crippen LogP contribution in [0.15, 0.2) is 71.9 Å². The van der Waals surface area contributed by atoms with E-state index in [1.807, 2.05) is 0 Å². The Hall–Kier alpha value is -3.69. The van der Waals surface area contributed by atoms with Gasteiger partial charge in [0.15, 0.2) is 0 Å². The minimum atomic E-state index is -0.783. The molecule has 1 aliphatic heterocycles. The quantitative estimate of drug-likeness (QED) is 0.650. The second kappa shape index (κ2) is 8.99. The van der Waals surface area contributed by atoms with E-state index >= 15 is 0 Å². The number of carbonyl (C=O) groups excluding carboxylic acids is 2. The van der Waals surface area contributed by atoms with Crippen molar-refractivity contribution in [3.05, 3.63) is 82.5 Å². The van der Waals surface area contributed by atoms with Crippen LogP contribution < -0.4 is 16.2 Å². The molecule has 1 atom stereocenters. The Labute approximate surface area is 182 Å². The van der Waals surface area contributed by atoms with Gasteiger partial charge in [0, 0.05) is 34.5 Å². The summed E-state index contributed by atoms with van der Waals surface area (Å²) in [5, 5.41) is 6.05. The lowest BCUT2D eigenvalue weighted by Gasteiger charge is -2.22. The molecule has 3 amide bonds. The number of rotatable bonds is 4. The molecule has 0 spiro atoms. The molecule has 2 aromatic carbocycles. The minimum Gasteiger partial charge on any atom is -0.358 e. The number of aromatic nitrogens is 2. The van der Waals surface area contributed by atoms with Crippen molar-refractivity contribution < 1.29 is 14.3 Å². The fourth-order valence-corrected chi connectivity index (χ4v) is 3.21. The van der Waals surface area contributed by atoms with Crippen LogP contribution >= 0.6 is 11.6 Å². The monoisotopic (exact) mass is 439 g/mol. The lowest BCUT2D eigenvalue weighted by Crippen LogP contribution is -2.46. The van der Waals surface area contributed by atoms with Crippen LogP contribution in [0.1, 0.15) is 0 Å². The Bertz CT molecular complexity index is 1150. The second-order valence-electron chi connectivity index (χ2n) is 6.74. The summed E-state index contributed by atoms with van der Waals surface area (Å²) in [7, 11) is 0. The van der Waals surface area contributed by atoms with Gasteiger partial charge in [-0.05, 0) is 48.5 Å². The molecule has 0 radical (unpaired) electrons. The van der Waals surface area contributed by atoms with Gasteiger partial charge in [0.05, 0.1) is 12.8 Å². The Balaban J connectivity index is 1.41. The standard InChI is InChI=1S/C21H18ClN5O4/c22-14-1-3-16(4-2-14)25-21(30)27-13-31-12-18(27)20(29)24-15-5-7-17(8-6-15)26-10-9-23-11-19(26)28/h1-11,18H,12-13H2,(H,24,29)(H,25,30)/t18-/m1/s1. The Morgan fingerprint density at radius 1 is 1.03 bits per heavy atom. The number of nitrogens with zero attached hydrogens (tertiary/aromatic N) is 3. The zero-order valence-electron chi connectivity index (χ0n) is 16.2. The van der Waals surface area contributed by atoms with E-state index in [1.165, 1.54) is 21.9 Å². The van der Waals surface area contributed by atoms with Crippen molar-refractivity contribution in [3.8, 4) is 5.69 Å². The van der Waals surface area contributed by atoms with Crippen LogP contribution in [-0.2, 0) is 9.53 Å². The van der Waals surface area contributed by atoms with Crippen LogP contribution in [-0.4, -0.2) is 45.8 Å². The highest BCUT2D eigenvalue weighted by Crippen LogP contribution is 2.18. The molecule has 1 saturated heterocycles. The zero-order valence-corrected chi connectivity index (χ0v) is 17.0. The molecule has 2 heterocycles. The molecule has 0 unspecified atom stereocenters. The van der Waals surface area contributed by atoms with E-state index in [0.29, 0.717) is 22.1 Å². The van der Waals surface area contributed by atoms with E-state index < -0.39 is 12.1 Å². The van der Waals surface area contributed by atoms with Gasteiger partial charge in [-0.2, -0.15) is 0 Å². The molecule has 31 heavy (non-hydrogen) atoms. The average Bonchev–Trinajstić information content (AvgIpc) is 3.27. The molecule has 1 aliphatic rings. The van der Waals surface area contributed by atoms with E-state index in [0.717, 1.165) is 0 Å². The lowest BCUT2D eigenvalue weighted by molar-refractivity contribution is -0.119. The number of carbonyl (C=O) groups is 2. The first-order valence-electron chi connectivity index (χ1n) is 9.36. The fraction of sp³-hybridized carbons (Fsp3) is 0.143. The highest BCUT2D eigenvalue weighted by Gasteiger charge is 2.35. The fourth-order valence-electron chi connectivity index (χ4n) is 3.08. The predicted octanol–water partition coefficient (Wildman–Crippen LogP) is 2.71. The SMILES string of the molecule is O=C(Nc1ccc(-n2ccncc2=O)cc1)[C@H]1COCN1C(=O)Nc1ccc(Cl)cc1. The van der Waals surface area contributed by atoms with Gasteiger partial charge in [0.1, 0.15) is 12.8 Å². The zero-order chi connectivity index (χ0) is 21.8. The number of halogens is 1. The van der Waals surface area contributed by atoms with Crippen molar-refractivity contribution in [1.29, 1.82) is 0 Å². The maximum absolute atomic E-state index is 12.7. The molecule has 0 bridgehead atoms. The number of anilines is 2. The van der Waals surface area contributed by atoms with E-state index in [1.54, 1.807) is 54.7 Å². The molecule has 0 aliphatic carbocycles. The number of benzene rings is 2. The number of urea groups is 1. The Kier molecular flexibility index (Phi) is 5.96. The molecule has 1 fully saturated rings. The van der Waals surface area contributed by atoms with E-state index in [-0.39, 0.29) is 24.8 Å². The second-order valence-corrected chi connectivity index (χ2v) is 7.18. The summed E-state index contributed by atoms with van der Waals surface area (Å²) in [6.07, 6.45) is 4.29. The first-order valence-corrected chi connectivity index (χ1v) is 9.74. The first-order chi connectivity index (χ1) is 15.0. The lowest BCUT2D eigenvalue weighted by atomic mass is 10.2. The maximum Gasteiger partial charge on any atom is 0.324 e. The third-order valence-corrected chi connectivity index (χ3v) is 4.93. The summed E-state index contributed by atoms with van der Waals surface area (Å²) in [6, 6.07) is 12.2. The maximum atomic E-state index is 12.7. The van der Waals surface area contributed by atoms with Crippen molar-refractivity contribution in [1.82, 2.24) is 14.5 Å². The van der Waals surface area contributed by atoms with Crippen molar-refractivity contribution >= 4 is 34.9 Å². The minimum absolute atomic E-state index is 0.00140. The summed E-state index contributed by atoms with van der Waals surface area (Å²) in [5.41, 5.74) is 1.46. The van der Waals surface area contributed by atoms with Crippen LogP contribution in [0.25, 0.3) is 5.69 Å². The predicted molar refractivity (Wildman–Crippen MR) is 115 cm³/mol. The van der Waals surface area contributed by atoms with Gasteiger partial charge >= 0.3 is 6.03 Å². The molecule has 10 heteroatoms. The van der Waals surface area contributed by atoms with Crippen molar-refractivity contribution in [2.24, 2.45) is 0 Å². The van der Waals surface area contributed by atoms with Crippen LogP contribution in [0, 0.1) is 0 Å². The molecule has 1 aromatic heterocycles. The molecular formula is C21H18ClN5O4. The van der Waals surface area contributed by atoms with Gasteiger partial charge in [0.2, 0.25) is 5.91 Å². The van der Waals surface area contributed by atoms with E-state index in [2.05, 4.69) is 15.6 Å². The molecule has 4 rings (SSSR count). The smallest absolute Gasteiger partial charge is 0.324 e. The normalized spacial score (nSPS) is 15.5. The highest BCUT2D eigenvalue weighted by atomic mass is 35.5. The summed E-state index contributed by atoms with van der Waals surface area (Å²) < 4.78 is 6.77. The largest absolute Gasteiger partial charge is 0.358 e. The van der Waals surface area contributed by atoms with Gasteiger partial charge in [-0.1, -0.05) is 11.6 Å².